The van der Waals surface area contributed by atoms with Crippen LogP contribution in [0.25, 0.3) is 0 Å². The van der Waals surface area contributed by atoms with Crippen LogP contribution in [-0.4, -0.2) is 25.0 Å². The number of thiazole rings is 1. The molecule has 0 bridgehead atoms. The van der Waals surface area contributed by atoms with Crippen LogP contribution in [0.1, 0.15) is 9.81 Å². The first-order chi connectivity index (χ1) is 6.66. The summed E-state index contributed by atoms with van der Waals surface area (Å²) in [6.07, 6.45) is 0. The molecule has 68 valence electrons. The molecule has 0 spiro atoms. The van der Waals surface area contributed by atoms with Crippen LogP contribution in [0, 0.1) is 6.85 Å². The fraction of sp³-hybridized carbons (Fsp3) is 0.400. The van der Waals surface area contributed by atoms with E-state index in [1.54, 1.807) is 0 Å². The third-order valence-corrected chi connectivity index (χ3v) is 3.46. The summed E-state index contributed by atoms with van der Waals surface area (Å²) in [5.74, 6) is 0. The smallest absolute Gasteiger partial charge is 0.306 e. The predicted molar refractivity (Wildman–Crippen MR) is 46.2 cm³/mol. The molecule has 0 atom stereocenters. The molecule has 1 aromatic heterocycles. The molecule has 0 saturated heterocycles. The van der Waals surface area contributed by atoms with Gasteiger partial charge in [0.15, 0.2) is 9.34 Å². The van der Waals surface area contributed by atoms with Gasteiger partial charge in [-0.2, -0.15) is 8.42 Å². The average Bonchev–Trinajstić information content (AvgIpc) is 2.44. The molecule has 0 aromatic carbocycles. The minimum absolute atomic E-state index is 0.119. The Bertz CT molecular complexity index is 464. The van der Waals surface area contributed by atoms with E-state index < -0.39 is 26.9 Å². The Morgan fingerprint density at radius 2 is 2.42 bits per heavy atom. The Morgan fingerprint density at radius 3 is 2.75 bits per heavy atom. The number of rotatable bonds is 2. The van der Waals surface area contributed by atoms with Gasteiger partial charge in [-0.15, -0.1) is 0 Å². The Morgan fingerprint density at radius 1 is 1.75 bits per heavy atom. The lowest BCUT2D eigenvalue weighted by Crippen LogP contribution is -1.96. The number of aryl methyl sites for hydroxylation is 1. The Balaban J connectivity index is 3.44. The molecule has 1 heterocycles. The highest BCUT2D eigenvalue weighted by atomic mass is 32.3. The average molecular weight is 211 g/mol. The summed E-state index contributed by atoms with van der Waals surface area (Å²) in [6.45, 7) is -2.67. The molecule has 0 saturated carbocycles. The van der Waals surface area contributed by atoms with Gasteiger partial charge in [0.05, 0.1) is 5.69 Å². The lowest BCUT2D eigenvalue weighted by atomic mass is 10.6. The summed E-state index contributed by atoms with van der Waals surface area (Å²) >= 11 is 0.573. The second-order valence-corrected chi connectivity index (χ2v) is 4.50. The van der Waals surface area contributed by atoms with Gasteiger partial charge in [-0.05, 0) is 6.85 Å². The summed E-state index contributed by atoms with van der Waals surface area (Å²) < 4.78 is 51.1. The number of hydrogen-bond acceptors (Lipinski definition) is 5. The largest absolute Gasteiger partial charge is 0.365 e. The van der Waals surface area contributed by atoms with Crippen LogP contribution in [0.3, 0.4) is 0 Å². The topological polar surface area (TPSA) is 79.3 Å². The minimum Gasteiger partial charge on any atom is -0.365 e. The van der Waals surface area contributed by atoms with Gasteiger partial charge in [0, 0.05) is 11.2 Å². The maximum Gasteiger partial charge on any atom is 0.306 e. The molecular formula is C5H8N2O3S2. The van der Waals surface area contributed by atoms with Crippen LogP contribution in [0.5, 0.6) is 0 Å². The van der Waals surface area contributed by atoms with Gasteiger partial charge in [0.1, 0.15) is 0 Å². The van der Waals surface area contributed by atoms with E-state index in [9.17, 15) is 8.42 Å². The van der Waals surface area contributed by atoms with Crippen LogP contribution in [0.4, 0.5) is 5.13 Å². The molecule has 2 N–H and O–H groups in total. The molecule has 12 heavy (non-hydrogen) atoms. The van der Waals surface area contributed by atoms with Crippen molar-refractivity contribution in [2.45, 2.75) is 11.1 Å². The fourth-order valence-electron chi connectivity index (χ4n) is 0.588. The predicted octanol–water partition coefficient (Wildman–Crippen LogP) is 0.740. The van der Waals surface area contributed by atoms with Gasteiger partial charge >= 0.3 is 10.1 Å². The minimum atomic E-state index is -4.55. The van der Waals surface area contributed by atoms with E-state index in [1.165, 1.54) is 7.05 Å². The van der Waals surface area contributed by atoms with E-state index in [0.717, 1.165) is 0 Å². The first-order valence-corrected chi connectivity index (χ1v) is 5.08. The molecule has 0 amide bonds. The molecule has 0 aliphatic rings. The number of nitrogens with zero attached hydrogens (tertiary/aromatic N) is 1. The van der Waals surface area contributed by atoms with Gasteiger partial charge < -0.3 is 5.32 Å². The van der Waals surface area contributed by atoms with Crippen molar-refractivity contribution in [2.24, 2.45) is 0 Å². The molecule has 0 aliphatic heterocycles. The van der Waals surface area contributed by atoms with E-state index in [0.29, 0.717) is 11.3 Å². The first-order valence-electron chi connectivity index (χ1n) is 4.33. The monoisotopic (exact) mass is 211 g/mol. The van der Waals surface area contributed by atoms with Crippen molar-refractivity contribution in [3.63, 3.8) is 0 Å². The van der Waals surface area contributed by atoms with E-state index in [-0.39, 0.29) is 5.13 Å². The zero-order chi connectivity index (χ0) is 11.9. The summed E-state index contributed by atoms with van der Waals surface area (Å²) in [5.41, 5.74) is -0.612. The Kier molecular flexibility index (Phi) is 1.47. The molecule has 0 unspecified atom stereocenters. The summed E-state index contributed by atoms with van der Waals surface area (Å²) in [4.78, 5) is 3.57. The van der Waals surface area contributed by atoms with Crippen molar-refractivity contribution in [2.75, 3.05) is 12.4 Å². The fourth-order valence-corrected chi connectivity index (χ4v) is 2.09. The molecule has 0 aliphatic carbocycles. The van der Waals surface area contributed by atoms with Crippen LogP contribution in [-0.2, 0) is 10.1 Å². The van der Waals surface area contributed by atoms with E-state index >= 15 is 0 Å². The Labute approximate surface area is 78.4 Å². The maximum absolute atomic E-state index is 10.9. The standard InChI is InChI=1S/C5H8N2O3S2/c1-3-4(12(8,9)10)11-5(6-2)7-3/h1-2H3,(H,6,7)(H,8,9,10)/i1D3. The second kappa shape index (κ2) is 3.00. The van der Waals surface area contributed by atoms with Crippen molar-refractivity contribution in [3.05, 3.63) is 5.69 Å². The van der Waals surface area contributed by atoms with Crippen LogP contribution in [0.2, 0.25) is 0 Å². The SMILES string of the molecule is [2H]C([2H])([2H])c1nc(NC)sc1S(=O)(=O)O. The van der Waals surface area contributed by atoms with Crippen LogP contribution < -0.4 is 5.32 Å². The van der Waals surface area contributed by atoms with E-state index in [4.69, 9.17) is 8.67 Å². The maximum atomic E-state index is 10.9. The number of nitrogens with one attached hydrogen (secondary N) is 1. The summed E-state index contributed by atoms with van der Waals surface area (Å²) in [6, 6.07) is 0. The first kappa shape index (κ1) is 5.90. The zero-order valence-electron chi connectivity index (χ0n) is 9.03. The summed E-state index contributed by atoms with van der Waals surface area (Å²) in [5, 5.41) is 2.63. The molecule has 0 radical (unpaired) electrons. The van der Waals surface area contributed by atoms with Crippen molar-refractivity contribution >= 4 is 26.6 Å². The molecule has 0 fully saturated rings. The highest BCUT2D eigenvalue weighted by Gasteiger charge is 2.18. The van der Waals surface area contributed by atoms with Crippen LogP contribution >= 0.6 is 11.3 Å². The third kappa shape index (κ3) is 1.74. The van der Waals surface area contributed by atoms with Crippen molar-refractivity contribution < 1.29 is 17.1 Å². The third-order valence-electron chi connectivity index (χ3n) is 1.04. The molecule has 1 rings (SSSR count). The Hall–Kier alpha value is -0.660. The zero-order valence-corrected chi connectivity index (χ0v) is 7.66. The van der Waals surface area contributed by atoms with Crippen molar-refractivity contribution in [1.82, 2.24) is 4.98 Å². The van der Waals surface area contributed by atoms with E-state index in [1.807, 2.05) is 0 Å². The quantitative estimate of drug-likeness (QED) is 0.705. The van der Waals surface area contributed by atoms with Gasteiger partial charge in [0.25, 0.3) is 0 Å². The lowest BCUT2D eigenvalue weighted by Gasteiger charge is -1.89. The highest BCUT2D eigenvalue weighted by Crippen LogP contribution is 2.25. The van der Waals surface area contributed by atoms with Crippen LogP contribution in [0.15, 0.2) is 4.21 Å². The van der Waals surface area contributed by atoms with Gasteiger partial charge in [-0.25, -0.2) is 4.98 Å². The normalized spacial score (nSPS) is 16.3. The number of aromatic nitrogens is 1. The summed E-state index contributed by atoms with van der Waals surface area (Å²) in [7, 11) is -3.08. The van der Waals surface area contributed by atoms with Gasteiger partial charge in [-0.1, -0.05) is 11.3 Å². The van der Waals surface area contributed by atoms with Gasteiger partial charge in [-0.3, -0.25) is 4.55 Å². The molecule has 7 heteroatoms. The van der Waals surface area contributed by atoms with Gasteiger partial charge in [0.2, 0.25) is 0 Å². The number of hydrogen-bond donors (Lipinski definition) is 2. The highest BCUT2D eigenvalue weighted by molar-refractivity contribution is 7.88. The van der Waals surface area contributed by atoms with Crippen molar-refractivity contribution in [1.29, 1.82) is 0 Å². The molecular weight excluding hydrogens is 200 g/mol. The van der Waals surface area contributed by atoms with Crippen molar-refractivity contribution in [3.8, 4) is 0 Å². The lowest BCUT2D eigenvalue weighted by molar-refractivity contribution is 0.485. The molecule has 5 nitrogen and oxygen atoms in total. The second-order valence-electron chi connectivity index (χ2n) is 1.88. The number of anilines is 1. The van der Waals surface area contributed by atoms with E-state index in [2.05, 4.69) is 10.3 Å². The molecule has 1 aromatic rings.